The van der Waals surface area contributed by atoms with Gasteiger partial charge in [0.25, 0.3) is 5.22 Å². The largest absolute Gasteiger partial charge is 0.435 e. The zero-order valence-electron chi connectivity index (χ0n) is 14.5. The van der Waals surface area contributed by atoms with E-state index in [1.165, 1.54) is 17.7 Å². The normalized spacial score (nSPS) is 13.0. The minimum absolute atomic E-state index is 0.0248. The van der Waals surface area contributed by atoms with Gasteiger partial charge in [-0.2, -0.15) is 8.78 Å². The third kappa shape index (κ3) is 3.99. The standard InChI is InChI=1S/C19H15F2N3O3S/c20-18(21)26-14-7-5-13(6-8-14)17-22-23-19(27-17)28-11-16(25)24-10-9-12-3-1-2-4-15(12)24/h1-8,18H,9-11H2. The molecule has 1 aliphatic heterocycles. The highest BCUT2D eigenvalue weighted by Crippen LogP contribution is 2.29. The molecule has 1 aliphatic rings. The number of carbonyl (C=O) groups excluding carboxylic acids is 1. The molecule has 0 atom stereocenters. The van der Waals surface area contributed by atoms with Crippen molar-refractivity contribution in [2.45, 2.75) is 18.3 Å². The minimum Gasteiger partial charge on any atom is -0.435 e. The number of thioether (sulfide) groups is 1. The van der Waals surface area contributed by atoms with Gasteiger partial charge < -0.3 is 14.1 Å². The van der Waals surface area contributed by atoms with E-state index in [-0.39, 0.29) is 28.5 Å². The molecule has 2 heterocycles. The fourth-order valence-corrected chi connectivity index (χ4v) is 3.60. The van der Waals surface area contributed by atoms with Gasteiger partial charge >= 0.3 is 6.61 Å². The van der Waals surface area contributed by atoms with Crippen molar-refractivity contribution in [3.63, 3.8) is 0 Å². The molecule has 0 unspecified atom stereocenters. The van der Waals surface area contributed by atoms with Crippen LogP contribution in [0, 0.1) is 0 Å². The Hall–Kier alpha value is -2.94. The van der Waals surface area contributed by atoms with Gasteiger partial charge in [-0.1, -0.05) is 30.0 Å². The number of rotatable bonds is 6. The monoisotopic (exact) mass is 403 g/mol. The number of halogens is 2. The first-order valence-electron chi connectivity index (χ1n) is 8.50. The Bertz CT molecular complexity index is 979. The van der Waals surface area contributed by atoms with Crippen molar-refractivity contribution < 1.29 is 22.7 Å². The predicted octanol–water partition coefficient (Wildman–Crippen LogP) is 4.02. The van der Waals surface area contributed by atoms with Crippen LogP contribution in [-0.2, 0) is 11.2 Å². The van der Waals surface area contributed by atoms with Crippen LogP contribution in [0.3, 0.4) is 0 Å². The van der Waals surface area contributed by atoms with E-state index in [1.54, 1.807) is 17.0 Å². The fraction of sp³-hybridized carbons (Fsp3) is 0.211. The Balaban J connectivity index is 1.37. The first-order chi connectivity index (χ1) is 13.6. The molecule has 9 heteroatoms. The fourth-order valence-electron chi connectivity index (χ4n) is 2.96. The molecule has 3 aromatic rings. The third-order valence-electron chi connectivity index (χ3n) is 4.24. The number of fused-ring (bicyclic) bond motifs is 1. The van der Waals surface area contributed by atoms with E-state index in [9.17, 15) is 13.6 Å². The average Bonchev–Trinajstić information content (AvgIpc) is 3.33. The van der Waals surface area contributed by atoms with E-state index in [0.717, 1.165) is 23.9 Å². The van der Waals surface area contributed by atoms with Crippen LogP contribution in [0.5, 0.6) is 5.75 Å². The number of hydrogen-bond donors (Lipinski definition) is 0. The van der Waals surface area contributed by atoms with Crippen molar-refractivity contribution in [2.24, 2.45) is 0 Å². The number of ether oxygens (including phenoxy) is 1. The molecule has 28 heavy (non-hydrogen) atoms. The van der Waals surface area contributed by atoms with Crippen LogP contribution in [0.2, 0.25) is 0 Å². The molecule has 0 saturated heterocycles. The van der Waals surface area contributed by atoms with Crippen molar-refractivity contribution in [2.75, 3.05) is 17.2 Å². The lowest BCUT2D eigenvalue weighted by Crippen LogP contribution is -2.30. The van der Waals surface area contributed by atoms with Crippen LogP contribution in [0.1, 0.15) is 5.56 Å². The molecule has 0 bridgehead atoms. The Kier molecular flexibility index (Phi) is 5.25. The number of amides is 1. The maximum atomic E-state index is 12.5. The maximum Gasteiger partial charge on any atom is 0.387 e. The van der Waals surface area contributed by atoms with E-state index in [2.05, 4.69) is 14.9 Å². The molecule has 0 spiro atoms. The summed E-state index contributed by atoms with van der Waals surface area (Å²) in [5, 5.41) is 8.14. The van der Waals surface area contributed by atoms with Gasteiger partial charge in [-0.05, 0) is 42.3 Å². The molecule has 0 radical (unpaired) electrons. The predicted molar refractivity (Wildman–Crippen MR) is 99.6 cm³/mol. The number of hydrogen-bond acceptors (Lipinski definition) is 6. The second kappa shape index (κ2) is 7.97. The number of carbonyl (C=O) groups is 1. The maximum absolute atomic E-state index is 12.5. The summed E-state index contributed by atoms with van der Waals surface area (Å²) in [6.07, 6.45) is 0.850. The number of aromatic nitrogens is 2. The van der Waals surface area contributed by atoms with E-state index >= 15 is 0 Å². The molecule has 0 fully saturated rings. The van der Waals surface area contributed by atoms with Gasteiger partial charge in [0.05, 0.1) is 5.75 Å². The van der Waals surface area contributed by atoms with Crippen LogP contribution < -0.4 is 9.64 Å². The molecule has 1 aromatic heterocycles. The van der Waals surface area contributed by atoms with Crippen LogP contribution in [-0.4, -0.2) is 35.0 Å². The number of benzene rings is 2. The smallest absolute Gasteiger partial charge is 0.387 e. The molecule has 1 amide bonds. The van der Waals surface area contributed by atoms with Gasteiger partial charge in [0.1, 0.15) is 5.75 Å². The highest BCUT2D eigenvalue weighted by Gasteiger charge is 2.24. The molecule has 6 nitrogen and oxygen atoms in total. The third-order valence-corrected chi connectivity index (χ3v) is 5.04. The average molecular weight is 403 g/mol. The quantitative estimate of drug-likeness (QED) is 0.579. The summed E-state index contributed by atoms with van der Waals surface area (Å²) in [4.78, 5) is 14.3. The van der Waals surface area contributed by atoms with Crippen molar-refractivity contribution in [1.29, 1.82) is 0 Å². The van der Waals surface area contributed by atoms with E-state index < -0.39 is 6.61 Å². The molecule has 2 aromatic carbocycles. The lowest BCUT2D eigenvalue weighted by Gasteiger charge is -2.16. The molecule has 144 valence electrons. The Morgan fingerprint density at radius 2 is 1.96 bits per heavy atom. The van der Waals surface area contributed by atoms with Gasteiger partial charge in [-0.3, -0.25) is 4.79 Å². The van der Waals surface area contributed by atoms with Gasteiger partial charge in [-0.15, -0.1) is 10.2 Å². The topological polar surface area (TPSA) is 68.5 Å². The van der Waals surface area contributed by atoms with Crippen LogP contribution >= 0.6 is 11.8 Å². The first kappa shape index (κ1) is 18.4. The Labute approximate surface area is 163 Å². The number of anilines is 1. The summed E-state index contributed by atoms with van der Waals surface area (Å²) >= 11 is 1.16. The Morgan fingerprint density at radius 1 is 1.18 bits per heavy atom. The summed E-state index contributed by atoms with van der Waals surface area (Å²) in [6, 6.07) is 13.7. The highest BCUT2D eigenvalue weighted by atomic mass is 32.2. The minimum atomic E-state index is -2.88. The van der Waals surface area contributed by atoms with Gasteiger partial charge in [0.15, 0.2) is 0 Å². The Morgan fingerprint density at radius 3 is 2.75 bits per heavy atom. The lowest BCUT2D eigenvalue weighted by atomic mass is 10.2. The molecule has 0 aliphatic carbocycles. The number of alkyl halides is 2. The SMILES string of the molecule is O=C(CSc1nnc(-c2ccc(OC(F)F)cc2)o1)N1CCc2ccccc21. The van der Waals surface area contributed by atoms with E-state index in [1.807, 2.05) is 24.3 Å². The molecule has 0 N–H and O–H groups in total. The van der Waals surface area contributed by atoms with Crippen LogP contribution in [0.15, 0.2) is 58.2 Å². The lowest BCUT2D eigenvalue weighted by molar-refractivity contribution is -0.116. The second-order valence-electron chi connectivity index (χ2n) is 5.99. The summed E-state index contributed by atoms with van der Waals surface area (Å²) in [5.74, 6) is 0.439. The summed E-state index contributed by atoms with van der Waals surface area (Å²) in [5.41, 5.74) is 2.69. The molecular formula is C19H15F2N3O3S. The second-order valence-corrected chi connectivity index (χ2v) is 6.92. The van der Waals surface area contributed by atoms with Gasteiger partial charge in [0, 0.05) is 17.8 Å². The van der Waals surface area contributed by atoms with Crippen molar-refractivity contribution in [1.82, 2.24) is 10.2 Å². The van der Waals surface area contributed by atoms with Crippen molar-refractivity contribution in [3.05, 3.63) is 54.1 Å². The number of nitrogens with zero attached hydrogens (tertiary/aromatic N) is 3. The zero-order valence-corrected chi connectivity index (χ0v) is 15.4. The van der Waals surface area contributed by atoms with Gasteiger partial charge in [0.2, 0.25) is 11.8 Å². The van der Waals surface area contributed by atoms with Crippen LogP contribution in [0.25, 0.3) is 11.5 Å². The molecule has 0 saturated carbocycles. The zero-order chi connectivity index (χ0) is 19.5. The summed E-state index contributed by atoms with van der Waals surface area (Å²) < 4.78 is 34.2. The molecular weight excluding hydrogens is 388 g/mol. The van der Waals surface area contributed by atoms with Crippen molar-refractivity contribution >= 4 is 23.4 Å². The summed E-state index contributed by atoms with van der Waals surface area (Å²) in [7, 11) is 0. The van der Waals surface area contributed by atoms with Crippen LogP contribution in [0.4, 0.5) is 14.5 Å². The first-order valence-corrected chi connectivity index (χ1v) is 9.48. The van der Waals surface area contributed by atoms with E-state index in [4.69, 9.17) is 4.42 Å². The number of para-hydroxylation sites is 1. The highest BCUT2D eigenvalue weighted by molar-refractivity contribution is 7.99. The van der Waals surface area contributed by atoms with Crippen molar-refractivity contribution in [3.8, 4) is 17.2 Å². The van der Waals surface area contributed by atoms with E-state index in [0.29, 0.717) is 12.1 Å². The van der Waals surface area contributed by atoms with Gasteiger partial charge in [-0.25, -0.2) is 0 Å². The molecule has 4 rings (SSSR count). The summed E-state index contributed by atoms with van der Waals surface area (Å²) in [6.45, 7) is -2.21.